The quantitative estimate of drug-likeness (QED) is 0.684. The van der Waals surface area contributed by atoms with Crippen molar-refractivity contribution in [3.63, 3.8) is 0 Å². The number of carbonyl (C=O) groups is 1. The van der Waals surface area contributed by atoms with Gasteiger partial charge in [-0.05, 0) is 12.0 Å². The third-order valence-electron chi connectivity index (χ3n) is 2.56. The largest absolute Gasteiger partial charge is 0.320 e. The van der Waals surface area contributed by atoms with Gasteiger partial charge in [0.2, 0.25) is 26.2 Å². The third kappa shape index (κ3) is 6.48. The van der Waals surface area contributed by atoms with Gasteiger partial charge in [0.15, 0.2) is 0 Å². The van der Waals surface area contributed by atoms with E-state index in [4.69, 9.17) is 5.73 Å². The van der Waals surface area contributed by atoms with Crippen LogP contribution in [0.4, 0.5) is 10.3 Å². The lowest BCUT2D eigenvalue weighted by molar-refractivity contribution is -0.117. The van der Waals surface area contributed by atoms with E-state index in [0.717, 1.165) is 23.2 Å². The summed E-state index contributed by atoms with van der Waals surface area (Å²) in [6, 6.07) is 8.64. The molecule has 8 nitrogen and oxygen atoms in total. The molecule has 0 aliphatic heterocycles. The Kier molecular flexibility index (Phi) is 6.88. The molecule has 2 aromatic rings. The first-order chi connectivity index (χ1) is 10.3. The van der Waals surface area contributed by atoms with E-state index >= 15 is 0 Å². The number of benzene rings is 1. The third-order valence-corrected chi connectivity index (χ3v) is 4.01. The van der Waals surface area contributed by atoms with Gasteiger partial charge in [-0.1, -0.05) is 41.7 Å². The van der Waals surface area contributed by atoms with Gasteiger partial charge in [0.1, 0.15) is 0 Å². The zero-order valence-electron chi connectivity index (χ0n) is 12.1. The first kappa shape index (κ1) is 19.3. The van der Waals surface area contributed by atoms with E-state index in [1.165, 1.54) is 0 Å². The van der Waals surface area contributed by atoms with Gasteiger partial charge in [0.25, 0.3) is 0 Å². The van der Waals surface area contributed by atoms with Crippen LogP contribution in [0.15, 0.2) is 30.3 Å². The summed E-state index contributed by atoms with van der Waals surface area (Å²) >= 11 is 0.912. The summed E-state index contributed by atoms with van der Waals surface area (Å²) in [6.45, 7) is 0. The van der Waals surface area contributed by atoms with Crippen molar-refractivity contribution in [2.45, 2.75) is 12.5 Å². The van der Waals surface area contributed by atoms with Crippen LogP contribution in [0.2, 0.25) is 0 Å². The number of rotatable bonds is 6. The van der Waals surface area contributed by atoms with Crippen LogP contribution in [0.25, 0.3) is 0 Å². The van der Waals surface area contributed by atoms with E-state index in [1.54, 1.807) is 0 Å². The van der Waals surface area contributed by atoms with Crippen molar-refractivity contribution in [2.75, 3.05) is 16.3 Å². The van der Waals surface area contributed by atoms with Crippen molar-refractivity contribution in [1.82, 2.24) is 10.2 Å². The first-order valence-corrected chi connectivity index (χ1v) is 8.96. The highest BCUT2D eigenvalue weighted by Gasteiger charge is 2.17. The number of hydrogen-bond donors (Lipinski definition) is 3. The van der Waals surface area contributed by atoms with Crippen LogP contribution in [0, 0.1) is 0 Å². The molecular formula is C12H16ClN5O3S2. The minimum absolute atomic E-state index is 0. The average Bonchev–Trinajstić information content (AvgIpc) is 2.84. The van der Waals surface area contributed by atoms with Crippen LogP contribution in [0.1, 0.15) is 5.56 Å². The number of hydrogen-bond acceptors (Lipinski definition) is 7. The second-order valence-electron chi connectivity index (χ2n) is 4.57. The standard InChI is InChI=1S/C12H15N5O3S2.ClH/c1-22(19,20)17-12-16-15-11(21-12)14-10(18)9(13)7-8-5-3-2-4-6-8;/h2-6,9H,7,13H2,1H3,(H,16,17)(H,14,15,18);1H/t9-;/m0./s1. The number of aromatic nitrogens is 2. The van der Waals surface area contributed by atoms with Gasteiger partial charge in [-0.25, -0.2) is 8.42 Å². The molecule has 0 aliphatic rings. The molecule has 0 unspecified atom stereocenters. The minimum atomic E-state index is -3.43. The van der Waals surface area contributed by atoms with Crippen molar-refractivity contribution in [1.29, 1.82) is 0 Å². The molecule has 1 atom stereocenters. The van der Waals surface area contributed by atoms with Crippen molar-refractivity contribution in [3.05, 3.63) is 35.9 Å². The number of amides is 1. The molecule has 0 saturated heterocycles. The maximum Gasteiger partial charge on any atom is 0.243 e. The Labute approximate surface area is 144 Å². The zero-order chi connectivity index (χ0) is 16.2. The van der Waals surface area contributed by atoms with Crippen LogP contribution in [-0.2, 0) is 21.2 Å². The Bertz CT molecular complexity index is 751. The van der Waals surface area contributed by atoms with E-state index in [2.05, 4.69) is 20.2 Å². The predicted molar refractivity (Wildman–Crippen MR) is 92.4 cm³/mol. The summed E-state index contributed by atoms with van der Waals surface area (Å²) in [5, 5.41) is 10.1. The lowest BCUT2D eigenvalue weighted by Crippen LogP contribution is -2.37. The van der Waals surface area contributed by atoms with E-state index < -0.39 is 22.0 Å². The van der Waals surface area contributed by atoms with E-state index in [9.17, 15) is 13.2 Å². The van der Waals surface area contributed by atoms with E-state index in [-0.39, 0.29) is 22.7 Å². The molecule has 126 valence electrons. The number of nitrogens with zero attached hydrogens (tertiary/aromatic N) is 2. The van der Waals surface area contributed by atoms with Crippen molar-refractivity contribution in [2.24, 2.45) is 5.73 Å². The van der Waals surface area contributed by atoms with Gasteiger partial charge in [-0.3, -0.25) is 14.8 Å². The molecule has 1 amide bonds. The lowest BCUT2D eigenvalue weighted by atomic mass is 10.1. The number of nitrogens with one attached hydrogen (secondary N) is 2. The highest BCUT2D eigenvalue weighted by atomic mass is 35.5. The lowest BCUT2D eigenvalue weighted by Gasteiger charge is -2.10. The van der Waals surface area contributed by atoms with E-state index in [0.29, 0.717) is 6.42 Å². The molecule has 11 heteroatoms. The molecule has 0 bridgehead atoms. The number of anilines is 2. The van der Waals surface area contributed by atoms with Crippen LogP contribution < -0.4 is 15.8 Å². The molecule has 0 radical (unpaired) electrons. The molecule has 0 saturated carbocycles. The van der Waals surface area contributed by atoms with Gasteiger partial charge < -0.3 is 5.73 Å². The maximum absolute atomic E-state index is 12.0. The smallest absolute Gasteiger partial charge is 0.243 e. The highest BCUT2D eigenvalue weighted by Crippen LogP contribution is 2.20. The summed E-state index contributed by atoms with van der Waals surface area (Å²) < 4.78 is 24.3. The van der Waals surface area contributed by atoms with Crippen LogP contribution >= 0.6 is 23.7 Å². The van der Waals surface area contributed by atoms with Crippen LogP contribution in [0.3, 0.4) is 0 Å². The molecule has 2 rings (SSSR count). The Hall–Kier alpha value is -1.75. The van der Waals surface area contributed by atoms with Crippen molar-refractivity contribution < 1.29 is 13.2 Å². The molecule has 4 N–H and O–H groups in total. The molecule has 23 heavy (non-hydrogen) atoms. The predicted octanol–water partition coefficient (Wildman–Crippen LogP) is 0.840. The molecule has 0 aliphatic carbocycles. The Morgan fingerprint density at radius 3 is 2.48 bits per heavy atom. The fraction of sp³-hybridized carbons (Fsp3) is 0.250. The highest BCUT2D eigenvalue weighted by molar-refractivity contribution is 7.92. The summed E-state index contributed by atoms with van der Waals surface area (Å²) in [4.78, 5) is 12.0. The molecule has 0 fully saturated rings. The number of carbonyl (C=O) groups excluding carboxylic acids is 1. The molecule has 1 heterocycles. The summed E-state index contributed by atoms with van der Waals surface area (Å²) in [5.74, 6) is -0.411. The molecular weight excluding hydrogens is 362 g/mol. The molecule has 1 aromatic carbocycles. The fourth-order valence-corrected chi connectivity index (χ4v) is 3.11. The van der Waals surface area contributed by atoms with Gasteiger partial charge in [-0.15, -0.1) is 22.6 Å². The summed E-state index contributed by atoms with van der Waals surface area (Å²) in [7, 11) is -3.43. The molecule has 1 aromatic heterocycles. The Balaban J connectivity index is 0.00000264. The van der Waals surface area contributed by atoms with Crippen LogP contribution in [0.5, 0.6) is 0 Å². The fourth-order valence-electron chi connectivity index (χ4n) is 1.63. The average molecular weight is 378 g/mol. The van der Waals surface area contributed by atoms with Gasteiger partial charge in [0.05, 0.1) is 12.3 Å². The van der Waals surface area contributed by atoms with Crippen molar-refractivity contribution >= 4 is 49.9 Å². The number of halogens is 1. The Morgan fingerprint density at radius 1 is 1.26 bits per heavy atom. The van der Waals surface area contributed by atoms with E-state index in [1.807, 2.05) is 30.3 Å². The van der Waals surface area contributed by atoms with Gasteiger partial charge >= 0.3 is 0 Å². The first-order valence-electron chi connectivity index (χ1n) is 6.25. The minimum Gasteiger partial charge on any atom is -0.320 e. The SMILES string of the molecule is CS(=O)(=O)Nc1nnc(NC(=O)[C@@H](N)Cc2ccccc2)s1.Cl. The zero-order valence-corrected chi connectivity index (χ0v) is 14.5. The summed E-state index contributed by atoms with van der Waals surface area (Å²) in [6.07, 6.45) is 1.39. The van der Waals surface area contributed by atoms with Gasteiger partial charge in [-0.2, -0.15) is 0 Å². The monoisotopic (exact) mass is 377 g/mol. The normalized spacial score (nSPS) is 12.1. The Morgan fingerprint density at radius 2 is 1.87 bits per heavy atom. The van der Waals surface area contributed by atoms with Crippen molar-refractivity contribution in [3.8, 4) is 0 Å². The van der Waals surface area contributed by atoms with Gasteiger partial charge in [0, 0.05) is 0 Å². The summed E-state index contributed by atoms with van der Waals surface area (Å²) in [5.41, 5.74) is 6.78. The van der Waals surface area contributed by atoms with Crippen LogP contribution in [-0.4, -0.2) is 36.8 Å². The number of nitrogens with two attached hydrogens (primary N) is 1. The topological polar surface area (TPSA) is 127 Å². The maximum atomic E-state index is 12.0. The second kappa shape index (κ2) is 8.20. The second-order valence-corrected chi connectivity index (χ2v) is 7.30. The number of sulfonamides is 1. The molecule has 0 spiro atoms.